The second kappa shape index (κ2) is 6.20. The van der Waals surface area contributed by atoms with E-state index in [1.165, 1.54) is 10.4 Å². The molecule has 0 aliphatic rings. The first-order valence-electron chi connectivity index (χ1n) is 5.85. The fraction of sp³-hybridized carbons (Fsp3) is 0.286. The maximum absolute atomic E-state index is 6.22. The molecule has 1 N–H and O–H groups in total. The molecular formula is C14H15BrClNS. The number of hydrogen-bond donors (Lipinski definition) is 1. The molecule has 2 rings (SSSR count). The van der Waals surface area contributed by atoms with Gasteiger partial charge >= 0.3 is 0 Å². The highest BCUT2D eigenvalue weighted by Gasteiger charge is 2.15. The van der Waals surface area contributed by atoms with E-state index in [1.54, 1.807) is 11.3 Å². The maximum atomic E-state index is 6.22. The first kappa shape index (κ1) is 14.1. The number of nitrogens with one attached hydrogen (secondary N) is 1. The number of rotatable bonds is 4. The molecule has 96 valence electrons. The van der Waals surface area contributed by atoms with Crippen LogP contribution in [0.2, 0.25) is 5.02 Å². The van der Waals surface area contributed by atoms with Gasteiger partial charge in [0.1, 0.15) is 0 Å². The number of hydrogen-bond acceptors (Lipinski definition) is 2. The average molecular weight is 345 g/mol. The van der Waals surface area contributed by atoms with Crippen LogP contribution in [0.3, 0.4) is 0 Å². The Labute approximate surface area is 125 Å². The highest BCUT2D eigenvalue weighted by molar-refractivity contribution is 9.10. The van der Waals surface area contributed by atoms with Gasteiger partial charge in [-0.1, -0.05) is 30.7 Å². The summed E-state index contributed by atoms with van der Waals surface area (Å²) in [6, 6.07) is 8.64. The second-order valence-electron chi connectivity index (χ2n) is 4.17. The molecule has 0 aliphatic heterocycles. The number of aryl methyl sites for hydroxylation is 1. The van der Waals surface area contributed by atoms with Gasteiger partial charge in [-0.3, -0.25) is 0 Å². The summed E-state index contributed by atoms with van der Waals surface area (Å²) < 4.78 is 1.13. The SMILES string of the molecule is CCNC(c1ccc(C)c(Cl)c1)c1cc(Br)cs1. The zero-order valence-corrected chi connectivity index (χ0v) is 13.5. The van der Waals surface area contributed by atoms with E-state index in [4.69, 9.17) is 11.6 Å². The Morgan fingerprint density at radius 3 is 2.72 bits per heavy atom. The largest absolute Gasteiger partial charge is 0.306 e. The molecule has 1 atom stereocenters. The van der Waals surface area contributed by atoms with Gasteiger partial charge in [-0.2, -0.15) is 0 Å². The van der Waals surface area contributed by atoms with Gasteiger partial charge in [-0.15, -0.1) is 11.3 Å². The van der Waals surface area contributed by atoms with Crippen LogP contribution in [-0.2, 0) is 0 Å². The quantitative estimate of drug-likeness (QED) is 0.806. The first-order valence-corrected chi connectivity index (χ1v) is 7.90. The van der Waals surface area contributed by atoms with Crippen LogP contribution in [0.15, 0.2) is 34.1 Å². The third-order valence-electron chi connectivity index (χ3n) is 2.81. The summed E-state index contributed by atoms with van der Waals surface area (Å²) in [4.78, 5) is 1.30. The molecule has 18 heavy (non-hydrogen) atoms. The van der Waals surface area contributed by atoms with Gasteiger partial charge in [0.25, 0.3) is 0 Å². The molecule has 1 unspecified atom stereocenters. The first-order chi connectivity index (χ1) is 8.61. The molecule has 1 nitrogen and oxygen atoms in total. The predicted octanol–water partition coefficient (Wildman–Crippen LogP) is 5.17. The molecule has 1 heterocycles. The van der Waals surface area contributed by atoms with Gasteiger partial charge in [0.05, 0.1) is 6.04 Å². The molecule has 0 saturated heterocycles. The van der Waals surface area contributed by atoms with E-state index >= 15 is 0 Å². The van der Waals surface area contributed by atoms with E-state index in [-0.39, 0.29) is 6.04 Å². The lowest BCUT2D eigenvalue weighted by molar-refractivity contribution is 0.639. The van der Waals surface area contributed by atoms with Crippen LogP contribution in [0.25, 0.3) is 0 Å². The number of benzene rings is 1. The summed E-state index contributed by atoms with van der Waals surface area (Å²) in [6.07, 6.45) is 0. The predicted molar refractivity (Wildman–Crippen MR) is 83.7 cm³/mol. The van der Waals surface area contributed by atoms with Crippen molar-refractivity contribution in [3.05, 3.63) is 55.1 Å². The second-order valence-corrected chi connectivity index (χ2v) is 6.43. The van der Waals surface area contributed by atoms with Crippen molar-refractivity contribution in [3.8, 4) is 0 Å². The summed E-state index contributed by atoms with van der Waals surface area (Å²) in [5, 5.41) is 6.44. The van der Waals surface area contributed by atoms with Crippen LogP contribution in [-0.4, -0.2) is 6.54 Å². The Hall–Kier alpha value is -0.350. The van der Waals surface area contributed by atoms with Crippen LogP contribution in [0, 0.1) is 6.92 Å². The van der Waals surface area contributed by atoms with Crippen molar-refractivity contribution >= 4 is 38.9 Å². The molecule has 1 aromatic heterocycles. The lowest BCUT2D eigenvalue weighted by Gasteiger charge is -2.17. The molecule has 0 spiro atoms. The van der Waals surface area contributed by atoms with Gasteiger partial charge < -0.3 is 5.32 Å². The Morgan fingerprint density at radius 1 is 1.39 bits per heavy atom. The van der Waals surface area contributed by atoms with E-state index in [1.807, 2.05) is 6.92 Å². The van der Waals surface area contributed by atoms with Crippen LogP contribution in [0.4, 0.5) is 0 Å². The minimum atomic E-state index is 0.212. The monoisotopic (exact) mass is 343 g/mol. The Kier molecular flexibility index (Phi) is 4.84. The minimum Gasteiger partial charge on any atom is -0.306 e. The van der Waals surface area contributed by atoms with Crippen molar-refractivity contribution < 1.29 is 0 Å². The van der Waals surface area contributed by atoms with Crippen LogP contribution < -0.4 is 5.32 Å². The third-order valence-corrected chi connectivity index (χ3v) is 4.98. The molecule has 0 amide bonds. The number of halogens is 2. The van der Waals surface area contributed by atoms with Crippen molar-refractivity contribution in [2.24, 2.45) is 0 Å². The minimum absolute atomic E-state index is 0.212. The van der Waals surface area contributed by atoms with Crippen molar-refractivity contribution in [3.63, 3.8) is 0 Å². The fourth-order valence-corrected chi connectivity index (χ4v) is 3.59. The standard InChI is InChI=1S/C14H15BrClNS/c1-3-17-14(13-7-11(15)8-18-13)10-5-4-9(2)12(16)6-10/h4-8,14,17H,3H2,1-2H3. The van der Waals surface area contributed by atoms with E-state index < -0.39 is 0 Å². The zero-order chi connectivity index (χ0) is 13.1. The smallest absolute Gasteiger partial charge is 0.0671 e. The summed E-state index contributed by atoms with van der Waals surface area (Å²) in [7, 11) is 0. The molecule has 1 aromatic carbocycles. The fourth-order valence-electron chi connectivity index (χ4n) is 1.86. The zero-order valence-electron chi connectivity index (χ0n) is 10.3. The molecule has 2 aromatic rings. The topological polar surface area (TPSA) is 12.0 Å². The average Bonchev–Trinajstić information content (AvgIpc) is 2.76. The van der Waals surface area contributed by atoms with Crippen LogP contribution in [0.1, 0.15) is 29.0 Å². The van der Waals surface area contributed by atoms with Gasteiger partial charge in [0.15, 0.2) is 0 Å². The van der Waals surface area contributed by atoms with E-state index in [9.17, 15) is 0 Å². The molecule has 0 saturated carbocycles. The Balaban J connectivity index is 2.37. The van der Waals surface area contributed by atoms with Crippen molar-refractivity contribution in [2.75, 3.05) is 6.54 Å². The third kappa shape index (κ3) is 3.15. The van der Waals surface area contributed by atoms with Gasteiger partial charge in [-0.05, 0) is 52.7 Å². The maximum Gasteiger partial charge on any atom is 0.0671 e. The highest BCUT2D eigenvalue weighted by atomic mass is 79.9. The Bertz CT molecular complexity index is 538. The van der Waals surface area contributed by atoms with Crippen LogP contribution >= 0.6 is 38.9 Å². The molecule has 0 radical (unpaired) electrons. The summed E-state index contributed by atoms with van der Waals surface area (Å²) in [5.41, 5.74) is 2.32. The highest BCUT2D eigenvalue weighted by Crippen LogP contribution is 2.31. The summed E-state index contributed by atoms with van der Waals surface area (Å²) in [6.45, 7) is 5.06. The van der Waals surface area contributed by atoms with E-state index in [0.29, 0.717) is 0 Å². The number of thiophene rings is 1. The van der Waals surface area contributed by atoms with Crippen molar-refractivity contribution in [2.45, 2.75) is 19.9 Å². The lowest BCUT2D eigenvalue weighted by atomic mass is 10.0. The molecular weight excluding hydrogens is 330 g/mol. The van der Waals surface area contributed by atoms with Gasteiger partial charge in [0, 0.05) is 19.8 Å². The molecule has 0 aliphatic carbocycles. The summed E-state index contributed by atoms with van der Waals surface area (Å²) in [5.74, 6) is 0. The van der Waals surface area contributed by atoms with Crippen molar-refractivity contribution in [1.29, 1.82) is 0 Å². The van der Waals surface area contributed by atoms with Crippen LogP contribution in [0.5, 0.6) is 0 Å². The molecule has 0 bridgehead atoms. The molecule has 4 heteroatoms. The Morgan fingerprint density at radius 2 is 2.17 bits per heavy atom. The van der Waals surface area contributed by atoms with E-state index in [0.717, 1.165) is 21.6 Å². The normalized spacial score (nSPS) is 12.7. The van der Waals surface area contributed by atoms with E-state index in [2.05, 4.69) is 57.8 Å². The van der Waals surface area contributed by atoms with Crippen molar-refractivity contribution in [1.82, 2.24) is 5.32 Å². The van der Waals surface area contributed by atoms with Gasteiger partial charge in [0.2, 0.25) is 0 Å². The molecule has 0 fully saturated rings. The van der Waals surface area contributed by atoms with Gasteiger partial charge in [-0.25, -0.2) is 0 Å². The summed E-state index contributed by atoms with van der Waals surface area (Å²) >= 11 is 11.5. The lowest BCUT2D eigenvalue weighted by Crippen LogP contribution is -2.21.